The van der Waals surface area contributed by atoms with Crippen molar-refractivity contribution in [1.82, 2.24) is 9.88 Å². The molecule has 2 heterocycles. The fourth-order valence-corrected chi connectivity index (χ4v) is 2.39. The monoisotopic (exact) mass is 282 g/mol. The Bertz CT molecular complexity index is 436. The van der Waals surface area contributed by atoms with Crippen LogP contribution in [-0.2, 0) is 4.74 Å². The average Bonchev–Trinajstić information content (AvgIpc) is 2.98. The molecule has 1 aromatic rings. The lowest BCUT2D eigenvalue weighted by Crippen LogP contribution is -2.39. The van der Waals surface area contributed by atoms with Gasteiger partial charge in [-0.15, -0.1) is 0 Å². The molecule has 1 atom stereocenters. The van der Waals surface area contributed by atoms with Gasteiger partial charge in [-0.05, 0) is 19.3 Å². The summed E-state index contributed by atoms with van der Waals surface area (Å²) in [7, 11) is 1.68. The van der Waals surface area contributed by atoms with Crippen molar-refractivity contribution in [2.24, 2.45) is 0 Å². The summed E-state index contributed by atoms with van der Waals surface area (Å²) in [5, 5.41) is 9.25. The van der Waals surface area contributed by atoms with Crippen molar-refractivity contribution in [2.75, 3.05) is 26.9 Å². The van der Waals surface area contributed by atoms with E-state index in [0.29, 0.717) is 31.2 Å². The van der Waals surface area contributed by atoms with Crippen LogP contribution in [0.25, 0.3) is 0 Å². The average molecular weight is 282 g/mol. The van der Waals surface area contributed by atoms with Gasteiger partial charge in [-0.1, -0.05) is 6.92 Å². The van der Waals surface area contributed by atoms with Crippen LogP contribution in [0.1, 0.15) is 48.5 Å². The molecule has 1 unspecified atom stereocenters. The van der Waals surface area contributed by atoms with Gasteiger partial charge < -0.3 is 19.2 Å². The maximum absolute atomic E-state index is 12.3. The van der Waals surface area contributed by atoms with E-state index in [4.69, 9.17) is 9.15 Å². The third-order valence-electron chi connectivity index (χ3n) is 3.86. The van der Waals surface area contributed by atoms with Gasteiger partial charge in [0.25, 0.3) is 5.91 Å². The second-order valence-corrected chi connectivity index (χ2v) is 5.12. The number of carbonyl (C=O) groups excluding carboxylic acids is 1. The number of amides is 1. The van der Waals surface area contributed by atoms with Crippen molar-refractivity contribution in [3.63, 3.8) is 0 Å². The van der Waals surface area contributed by atoms with E-state index in [9.17, 15) is 9.90 Å². The maximum atomic E-state index is 12.3. The number of rotatable bonds is 5. The van der Waals surface area contributed by atoms with Crippen molar-refractivity contribution >= 4 is 5.91 Å². The Morgan fingerprint density at radius 2 is 2.25 bits per heavy atom. The first-order chi connectivity index (χ1) is 9.67. The first-order valence-corrected chi connectivity index (χ1v) is 7.08. The zero-order chi connectivity index (χ0) is 14.5. The number of aromatic nitrogens is 1. The van der Waals surface area contributed by atoms with Crippen LogP contribution in [0, 0.1) is 0 Å². The standard InChI is InChI=1S/C14H22N2O4/c1-3-11(8-17)16(2)14(18)12-9-20-13(15-12)10-4-6-19-7-5-10/h9-11,17H,3-8H2,1-2H3. The van der Waals surface area contributed by atoms with Crippen molar-refractivity contribution < 1.29 is 19.1 Å². The Hall–Kier alpha value is -1.40. The van der Waals surface area contributed by atoms with Crippen LogP contribution < -0.4 is 0 Å². The molecule has 0 spiro atoms. The van der Waals surface area contributed by atoms with E-state index in [1.165, 1.54) is 11.2 Å². The summed E-state index contributed by atoms with van der Waals surface area (Å²) in [6, 6.07) is -0.189. The molecular weight excluding hydrogens is 260 g/mol. The Morgan fingerprint density at radius 3 is 2.85 bits per heavy atom. The molecule has 0 bridgehead atoms. The lowest BCUT2D eigenvalue weighted by molar-refractivity contribution is 0.0648. The van der Waals surface area contributed by atoms with Gasteiger partial charge >= 0.3 is 0 Å². The van der Waals surface area contributed by atoms with Crippen LogP contribution in [0.2, 0.25) is 0 Å². The smallest absolute Gasteiger partial charge is 0.275 e. The normalized spacial score (nSPS) is 17.9. The summed E-state index contributed by atoms with van der Waals surface area (Å²) in [4.78, 5) is 18.1. The first-order valence-electron chi connectivity index (χ1n) is 7.08. The number of hydrogen-bond donors (Lipinski definition) is 1. The van der Waals surface area contributed by atoms with E-state index in [1.54, 1.807) is 7.05 Å². The molecule has 0 saturated carbocycles. The zero-order valence-electron chi connectivity index (χ0n) is 12.0. The van der Waals surface area contributed by atoms with E-state index in [0.717, 1.165) is 12.8 Å². The Balaban J connectivity index is 2.05. The largest absolute Gasteiger partial charge is 0.448 e. The van der Waals surface area contributed by atoms with Crippen LogP contribution >= 0.6 is 0 Å². The molecule has 2 rings (SSSR count). The molecule has 1 fully saturated rings. The number of aliphatic hydroxyl groups excluding tert-OH is 1. The molecule has 1 saturated heterocycles. The quantitative estimate of drug-likeness (QED) is 0.883. The van der Waals surface area contributed by atoms with Crippen LogP contribution in [0.15, 0.2) is 10.7 Å². The molecule has 6 nitrogen and oxygen atoms in total. The topological polar surface area (TPSA) is 75.8 Å². The van der Waals surface area contributed by atoms with E-state index in [-0.39, 0.29) is 24.5 Å². The van der Waals surface area contributed by atoms with Gasteiger partial charge in [-0.2, -0.15) is 0 Å². The number of oxazole rings is 1. The second kappa shape index (κ2) is 6.85. The number of likely N-dealkylation sites (N-methyl/N-ethyl adjacent to an activating group) is 1. The molecule has 1 amide bonds. The summed E-state index contributed by atoms with van der Waals surface area (Å²) in [6.45, 7) is 3.29. The third-order valence-corrected chi connectivity index (χ3v) is 3.86. The molecule has 0 aliphatic carbocycles. The van der Waals surface area contributed by atoms with Crippen LogP contribution in [0.3, 0.4) is 0 Å². The summed E-state index contributed by atoms with van der Waals surface area (Å²) in [5.41, 5.74) is 0.306. The highest BCUT2D eigenvalue weighted by Gasteiger charge is 2.25. The number of ether oxygens (including phenoxy) is 1. The number of aliphatic hydroxyl groups is 1. The summed E-state index contributed by atoms with van der Waals surface area (Å²) in [6.07, 6.45) is 3.85. The minimum Gasteiger partial charge on any atom is -0.448 e. The lowest BCUT2D eigenvalue weighted by atomic mass is 10.0. The molecular formula is C14H22N2O4. The van der Waals surface area contributed by atoms with Gasteiger partial charge in [0.1, 0.15) is 6.26 Å². The van der Waals surface area contributed by atoms with Gasteiger partial charge in [-0.3, -0.25) is 4.79 Å². The van der Waals surface area contributed by atoms with E-state index >= 15 is 0 Å². The van der Waals surface area contributed by atoms with Crippen LogP contribution in [0.4, 0.5) is 0 Å². The van der Waals surface area contributed by atoms with Crippen molar-refractivity contribution in [1.29, 1.82) is 0 Å². The van der Waals surface area contributed by atoms with Crippen LogP contribution in [-0.4, -0.2) is 53.8 Å². The lowest BCUT2D eigenvalue weighted by Gasteiger charge is -2.24. The molecule has 1 aliphatic heterocycles. The molecule has 112 valence electrons. The first kappa shape index (κ1) is 15.0. The molecule has 1 aliphatic rings. The maximum Gasteiger partial charge on any atom is 0.275 e. The third kappa shape index (κ3) is 3.19. The zero-order valence-corrected chi connectivity index (χ0v) is 12.0. The molecule has 1 N–H and O–H groups in total. The fraction of sp³-hybridized carbons (Fsp3) is 0.714. The van der Waals surface area contributed by atoms with Crippen LogP contribution in [0.5, 0.6) is 0 Å². The van der Waals surface area contributed by atoms with Crippen molar-refractivity contribution in [3.8, 4) is 0 Å². The minimum atomic E-state index is -0.215. The highest BCUT2D eigenvalue weighted by atomic mass is 16.5. The van der Waals surface area contributed by atoms with Crippen molar-refractivity contribution in [3.05, 3.63) is 17.8 Å². The predicted octanol–water partition coefficient (Wildman–Crippen LogP) is 1.41. The van der Waals surface area contributed by atoms with Gasteiger partial charge in [0.15, 0.2) is 11.6 Å². The van der Waals surface area contributed by atoms with Gasteiger partial charge in [0.2, 0.25) is 0 Å². The summed E-state index contributed by atoms with van der Waals surface area (Å²) >= 11 is 0. The molecule has 20 heavy (non-hydrogen) atoms. The van der Waals surface area contributed by atoms with E-state index in [1.807, 2.05) is 6.92 Å². The Labute approximate surface area is 118 Å². The Morgan fingerprint density at radius 1 is 1.55 bits per heavy atom. The van der Waals surface area contributed by atoms with Gasteiger partial charge in [-0.25, -0.2) is 4.98 Å². The molecule has 6 heteroatoms. The second-order valence-electron chi connectivity index (χ2n) is 5.12. The number of hydrogen-bond acceptors (Lipinski definition) is 5. The highest BCUT2D eigenvalue weighted by Crippen LogP contribution is 2.26. The predicted molar refractivity (Wildman–Crippen MR) is 72.6 cm³/mol. The van der Waals surface area contributed by atoms with Gasteiger partial charge in [0.05, 0.1) is 12.6 Å². The molecule has 1 aromatic heterocycles. The van der Waals surface area contributed by atoms with E-state index in [2.05, 4.69) is 4.98 Å². The van der Waals surface area contributed by atoms with E-state index < -0.39 is 0 Å². The van der Waals surface area contributed by atoms with Gasteiger partial charge in [0, 0.05) is 26.2 Å². The number of carbonyl (C=O) groups is 1. The van der Waals surface area contributed by atoms with Crippen molar-refractivity contribution in [2.45, 2.75) is 38.1 Å². The SMILES string of the molecule is CCC(CO)N(C)C(=O)c1coc(C2CCOCC2)n1. The fourth-order valence-electron chi connectivity index (χ4n) is 2.39. The minimum absolute atomic E-state index is 0.0522. The summed E-state index contributed by atoms with van der Waals surface area (Å²) < 4.78 is 10.7. The molecule has 0 radical (unpaired) electrons. The molecule has 0 aromatic carbocycles. The highest BCUT2D eigenvalue weighted by molar-refractivity contribution is 5.92. The Kier molecular flexibility index (Phi) is 5.14. The summed E-state index contributed by atoms with van der Waals surface area (Å²) in [5.74, 6) is 0.630. The number of nitrogens with zero attached hydrogens (tertiary/aromatic N) is 2.